The highest BCUT2D eigenvalue weighted by atomic mass is 16.5. The number of rotatable bonds is 5. The second-order valence-electron chi connectivity index (χ2n) is 7.54. The van der Waals surface area contributed by atoms with Gasteiger partial charge < -0.3 is 14.5 Å². The highest BCUT2D eigenvalue weighted by molar-refractivity contribution is 5.83. The van der Waals surface area contributed by atoms with Crippen molar-refractivity contribution >= 4 is 11.6 Å². The van der Waals surface area contributed by atoms with Gasteiger partial charge in [-0.3, -0.25) is 9.69 Å². The first-order valence-corrected chi connectivity index (χ1v) is 10.2. The highest BCUT2D eigenvalue weighted by Gasteiger charge is 2.34. The minimum Gasteiger partial charge on any atom is -0.495 e. The molecule has 2 saturated heterocycles. The second kappa shape index (κ2) is 8.65. The first kappa shape index (κ1) is 18.8. The monoisotopic (exact) mass is 379 g/mol. The van der Waals surface area contributed by atoms with Crippen LogP contribution >= 0.6 is 0 Å². The van der Waals surface area contributed by atoms with Crippen LogP contribution in [0.1, 0.15) is 24.4 Å². The van der Waals surface area contributed by atoms with E-state index in [9.17, 15) is 4.79 Å². The van der Waals surface area contributed by atoms with Crippen molar-refractivity contribution in [3.63, 3.8) is 0 Å². The largest absolute Gasteiger partial charge is 0.495 e. The van der Waals surface area contributed by atoms with Crippen molar-refractivity contribution in [2.75, 3.05) is 51.3 Å². The number of anilines is 1. The molecule has 1 unspecified atom stereocenters. The summed E-state index contributed by atoms with van der Waals surface area (Å²) in [6.45, 7) is 5.27. The van der Waals surface area contributed by atoms with Gasteiger partial charge in [-0.25, -0.2) is 0 Å². The third kappa shape index (κ3) is 3.85. The summed E-state index contributed by atoms with van der Waals surface area (Å²) in [4.78, 5) is 20.1. The maximum absolute atomic E-state index is 13.3. The van der Waals surface area contributed by atoms with Gasteiger partial charge in [0.2, 0.25) is 5.91 Å². The fourth-order valence-electron chi connectivity index (χ4n) is 4.37. The molecule has 2 aliphatic heterocycles. The molecule has 2 aliphatic rings. The van der Waals surface area contributed by atoms with E-state index in [1.165, 1.54) is 0 Å². The molecule has 5 heteroatoms. The van der Waals surface area contributed by atoms with E-state index >= 15 is 0 Å². The van der Waals surface area contributed by atoms with E-state index in [0.717, 1.165) is 69.1 Å². The molecule has 148 valence electrons. The average Bonchev–Trinajstić information content (AvgIpc) is 3.30. The summed E-state index contributed by atoms with van der Waals surface area (Å²) in [6, 6.07) is 18.2. The van der Waals surface area contributed by atoms with Gasteiger partial charge in [0.05, 0.1) is 12.8 Å². The van der Waals surface area contributed by atoms with Gasteiger partial charge in [-0.15, -0.1) is 0 Å². The molecule has 0 aliphatic carbocycles. The fourth-order valence-corrected chi connectivity index (χ4v) is 4.37. The predicted molar refractivity (Wildman–Crippen MR) is 112 cm³/mol. The van der Waals surface area contributed by atoms with Crippen molar-refractivity contribution in [3.05, 3.63) is 60.2 Å². The molecule has 1 atom stereocenters. The van der Waals surface area contributed by atoms with Crippen molar-refractivity contribution in [2.24, 2.45) is 0 Å². The van der Waals surface area contributed by atoms with E-state index in [0.29, 0.717) is 0 Å². The smallest absolute Gasteiger partial charge is 0.244 e. The third-order valence-electron chi connectivity index (χ3n) is 5.87. The maximum atomic E-state index is 13.3. The zero-order valence-corrected chi connectivity index (χ0v) is 16.6. The van der Waals surface area contributed by atoms with Gasteiger partial charge in [0.15, 0.2) is 0 Å². The molecular weight excluding hydrogens is 350 g/mol. The summed E-state index contributed by atoms with van der Waals surface area (Å²) in [6.07, 6.45) is 2.24. The Balaban J connectivity index is 1.51. The number of carbonyl (C=O) groups is 1. The minimum absolute atomic E-state index is 0.181. The molecule has 0 spiro atoms. The number of amides is 1. The Morgan fingerprint density at radius 2 is 1.50 bits per heavy atom. The van der Waals surface area contributed by atoms with Crippen molar-refractivity contribution in [1.82, 2.24) is 9.80 Å². The molecule has 0 N–H and O–H groups in total. The minimum atomic E-state index is -0.181. The molecule has 0 radical (unpaired) electrons. The second-order valence-corrected chi connectivity index (χ2v) is 7.54. The van der Waals surface area contributed by atoms with Crippen LogP contribution < -0.4 is 9.64 Å². The lowest BCUT2D eigenvalue weighted by Crippen LogP contribution is -2.51. The molecule has 28 heavy (non-hydrogen) atoms. The number of carbonyl (C=O) groups excluding carboxylic acids is 1. The lowest BCUT2D eigenvalue weighted by atomic mass is 10.0. The Hall–Kier alpha value is -2.53. The average molecular weight is 380 g/mol. The summed E-state index contributed by atoms with van der Waals surface area (Å²) < 4.78 is 5.53. The van der Waals surface area contributed by atoms with E-state index in [-0.39, 0.29) is 11.9 Å². The molecule has 4 rings (SSSR count). The number of hydrogen-bond acceptors (Lipinski definition) is 4. The standard InChI is InChI=1S/C23H29N3O2/c1-28-21-12-6-5-11-20(21)24-15-17-25(18-16-24)22(19-9-3-2-4-10-19)23(27)26-13-7-8-14-26/h2-6,9-12,22H,7-8,13-18H2,1H3. The van der Waals surface area contributed by atoms with E-state index in [2.05, 4.69) is 28.0 Å². The Morgan fingerprint density at radius 1 is 0.857 bits per heavy atom. The molecule has 2 fully saturated rings. The Morgan fingerprint density at radius 3 is 2.18 bits per heavy atom. The zero-order chi connectivity index (χ0) is 19.3. The number of benzene rings is 2. The number of likely N-dealkylation sites (tertiary alicyclic amines) is 1. The van der Waals surface area contributed by atoms with E-state index < -0.39 is 0 Å². The Bertz CT molecular complexity index is 781. The Labute approximate surface area is 167 Å². The van der Waals surface area contributed by atoms with E-state index in [4.69, 9.17) is 4.74 Å². The molecule has 1 amide bonds. The maximum Gasteiger partial charge on any atom is 0.244 e. The molecule has 5 nitrogen and oxygen atoms in total. The summed E-state index contributed by atoms with van der Waals surface area (Å²) in [5.74, 6) is 1.16. The molecule has 2 aromatic carbocycles. The Kier molecular flexibility index (Phi) is 5.81. The van der Waals surface area contributed by atoms with Crippen molar-refractivity contribution in [2.45, 2.75) is 18.9 Å². The SMILES string of the molecule is COc1ccccc1N1CCN(C(C(=O)N2CCCC2)c2ccccc2)CC1. The van der Waals surface area contributed by atoms with Crippen LogP contribution in [-0.4, -0.2) is 62.1 Å². The number of para-hydroxylation sites is 2. The number of hydrogen-bond donors (Lipinski definition) is 0. The number of nitrogens with zero attached hydrogens (tertiary/aromatic N) is 3. The number of piperazine rings is 1. The first-order chi connectivity index (χ1) is 13.8. The van der Waals surface area contributed by atoms with Gasteiger partial charge in [-0.1, -0.05) is 42.5 Å². The highest BCUT2D eigenvalue weighted by Crippen LogP contribution is 2.31. The van der Waals surface area contributed by atoms with Gasteiger partial charge in [0, 0.05) is 39.3 Å². The van der Waals surface area contributed by atoms with Gasteiger partial charge in [0.25, 0.3) is 0 Å². The normalized spacial score (nSPS) is 18.9. The molecule has 0 saturated carbocycles. The molecule has 2 aromatic rings. The summed E-state index contributed by atoms with van der Waals surface area (Å²) >= 11 is 0. The van der Waals surface area contributed by atoms with Crippen LogP contribution in [0.3, 0.4) is 0 Å². The van der Waals surface area contributed by atoms with Crippen molar-refractivity contribution < 1.29 is 9.53 Å². The van der Waals surface area contributed by atoms with Crippen LogP contribution in [0.25, 0.3) is 0 Å². The first-order valence-electron chi connectivity index (χ1n) is 10.2. The van der Waals surface area contributed by atoms with Crippen LogP contribution in [0.15, 0.2) is 54.6 Å². The number of methoxy groups -OCH3 is 1. The zero-order valence-electron chi connectivity index (χ0n) is 16.6. The molecular formula is C23H29N3O2. The summed E-state index contributed by atoms with van der Waals surface area (Å²) in [5, 5.41) is 0. The van der Waals surface area contributed by atoms with Crippen molar-refractivity contribution in [1.29, 1.82) is 0 Å². The topological polar surface area (TPSA) is 36.0 Å². The van der Waals surface area contributed by atoms with Gasteiger partial charge in [-0.2, -0.15) is 0 Å². The molecule has 0 bridgehead atoms. The lowest BCUT2D eigenvalue weighted by molar-refractivity contribution is -0.136. The van der Waals surface area contributed by atoms with Gasteiger partial charge >= 0.3 is 0 Å². The van der Waals surface area contributed by atoms with Crippen molar-refractivity contribution in [3.8, 4) is 5.75 Å². The quantitative estimate of drug-likeness (QED) is 0.799. The summed E-state index contributed by atoms with van der Waals surface area (Å²) in [7, 11) is 1.72. The van der Waals surface area contributed by atoms with Crippen LogP contribution in [0.2, 0.25) is 0 Å². The van der Waals surface area contributed by atoms with Crippen LogP contribution in [0, 0.1) is 0 Å². The molecule has 2 heterocycles. The van der Waals surface area contributed by atoms with Crippen LogP contribution in [0.5, 0.6) is 5.75 Å². The van der Waals surface area contributed by atoms with Gasteiger partial charge in [-0.05, 0) is 30.5 Å². The molecule has 0 aromatic heterocycles. The van der Waals surface area contributed by atoms with E-state index in [1.807, 2.05) is 41.3 Å². The third-order valence-corrected chi connectivity index (χ3v) is 5.87. The summed E-state index contributed by atoms with van der Waals surface area (Å²) in [5.41, 5.74) is 2.23. The van der Waals surface area contributed by atoms with Gasteiger partial charge in [0.1, 0.15) is 11.8 Å². The van der Waals surface area contributed by atoms with E-state index in [1.54, 1.807) is 7.11 Å². The van der Waals surface area contributed by atoms with Crippen LogP contribution in [-0.2, 0) is 4.79 Å². The fraction of sp³-hybridized carbons (Fsp3) is 0.435. The van der Waals surface area contributed by atoms with Crippen LogP contribution in [0.4, 0.5) is 5.69 Å². The predicted octanol–water partition coefficient (Wildman–Crippen LogP) is 3.18. The lowest BCUT2D eigenvalue weighted by Gasteiger charge is -2.41. The number of ether oxygens (including phenoxy) is 1.